The molecule has 1 aliphatic carbocycles. The standard InChI is InChI=1S/C29H23F2N3O6/c1-37-23-15-20-24(26-25(23)38-12-13-39-26)22(8-11-33-20)40-21-7-6-18(14-19(21)31)34(17-4-2-16(30)3-5-17)28(36)29(9-10-29)27(32)35/h2-8,11,14-15H,9-10,12-13H2,1H3,(H2,32,35). The minimum atomic E-state index is -1.39. The summed E-state index contributed by atoms with van der Waals surface area (Å²) in [5.41, 5.74) is 5.00. The molecule has 2 heterocycles. The van der Waals surface area contributed by atoms with Crippen LogP contribution in [0.25, 0.3) is 10.9 Å². The van der Waals surface area contributed by atoms with Crippen LogP contribution in [0.3, 0.4) is 0 Å². The van der Waals surface area contributed by atoms with Gasteiger partial charge in [-0.2, -0.15) is 0 Å². The van der Waals surface area contributed by atoms with E-state index in [0.29, 0.717) is 41.4 Å². The molecule has 1 saturated carbocycles. The lowest BCUT2D eigenvalue weighted by Gasteiger charge is -2.27. The van der Waals surface area contributed by atoms with Gasteiger partial charge in [-0.15, -0.1) is 0 Å². The van der Waals surface area contributed by atoms with Crippen LogP contribution >= 0.6 is 0 Å². The van der Waals surface area contributed by atoms with Crippen molar-refractivity contribution in [3.05, 3.63) is 72.4 Å². The van der Waals surface area contributed by atoms with Gasteiger partial charge in [-0.1, -0.05) is 0 Å². The second kappa shape index (κ2) is 9.67. The number of benzene rings is 3. The maximum atomic E-state index is 15.6. The smallest absolute Gasteiger partial charge is 0.247 e. The molecule has 1 aliphatic heterocycles. The molecule has 11 heteroatoms. The zero-order chi connectivity index (χ0) is 28.0. The fourth-order valence-electron chi connectivity index (χ4n) is 4.72. The molecule has 4 aromatic rings. The molecule has 0 atom stereocenters. The summed E-state index contributed by atoms with van der Waals surface area (Å²) in [6, 6.07) is 12.3. The Morgan fingerprint density at radius 3 is 2.27 bits per heavy atom. The number of hydrogen-bond donors (Lipinski definition) is 1. The van der Waals surface area contributed by atoms with Gasteiger partial charge < -0.3 is 24.7 Å². The number of carbonyl (C=O) groups excluding carboxylic acids is 2. The van der Waals surface area contributed by atoms with Gasteiger partial charge in [-0.25, -0.2) is 8.78 Å². The van der Waals surface area contributed by atoms with Crippen LogP contribution < -0.4 is 29.6 Å². The first kappa shape index (κ1) is 25.4. The van der Waals surface area contributed by atoms with Crippen LogP contribution in [0.5, 0.6) is 28.7 Å². The normalized spacial score (nSPS) is 14.9. The van der Waals surface area contributed by atoms with Crippen molar-refractivity contribution in [3.8, 4) is 28.7 Å². The maximum absolute atomic E-state index is 15.6. The Balaban J connectivity index is 1.39. The van der Waals surface area contributed by atoms with Crippen molar-refractivity contribution in [1.82, 2.24) is 4.98 Å². The van der Waals surface area contributed by atoms with Crippen LogP contribution in [-0.2, 0) is 9.59 Å². The van der Waals surface area contributed by atoms with Gasteiger partial charge in [-0.05, 0) is 55.3 Å². The Bertz CT molecular complexity index is 1660. The highest BCUT2D eigenvalue weighted by Crippen LogP contribution is 2.50. The topological polar surface area (TPSA) is 113 Å². The van der Waals surface area contributed by atoms with Gasteiger partial charge in [0.2, 0.25) is 17.6 Å². The summed E-state index contributed by atoms with van der Waals surface area (Å²) in [7, 11) is 1.51. The molecule has 9 nitrogen and oxygen atoms in total. The van der Waals surface area contributed by atoms with E-state index in [0.717, 1.165) is 6.07 Å². The Morgan fingerprint density at radius 1 is 0.925 bits per heavy atom. The fraction of sp³-hybridized carbons (Fsp3) is 0.207. The number of amides is 2. The second-order valence-electron chi connectivity index (χ2n) is 9.42. The van der Waals surface area contributed by atoms with E-state index in [1.807, 2.05) is 0 Å². The largest absolute Gasteiger partial charge is 0.493 e. The zero-order valence-corrected chi connectivity index (χ0v) is 21.3. The van der Waals surface area contributed by atoms with Crippen molar-refractivity contribution in [1.29, 1.82) is 0 Å². The van der Waals surface area contributed by atoms with E-state index in [4.69, 9.17) is 24.7 Å². The molecule has 0 saturated heterocycles. The number of aromatic nitrogens is 1. The first-order valence-corrected chi connectivity index (χ1v) is 12.4. The van der Waals surface area contributed by atoms with E-state index < -0.39 is 28.9 Å². The molecule has 2 N–H and O–H groups in total. The molecular weight excluding hydrogens is 524 g/mol. The fourth-order valence-corrected chi connectivity index (χ4v) is 4.72. The molecule has 0 unspecified atom stereocenters. The number of nitrogens with zero attached hydrogens (tertiary/aromatic N) is 2. The van der Waals surface area contributed by atoms with Gasteiger partial charge in [0.25, 0.3) is 0 Å². The molecule has 40 heavy (non-hydrogen) atoms. The summed E-state index contributed by atoms with van der Waals surface area (Å²) in [6.45, 7) is 0.633. The highest BCUT2D eigenvalue weighted by molar-refractivity contribution is 6.16. The summed E-state index contributed by atoms with van der Waals surface area (Å²) in [6.07, 6.45) is 2.06. The first-order valence-electron chi connectivity index (χ1n) is 12.4. The van der Waals surface area contributed by atoms with Crippen molar-refractivity contribution in [2.45, 2.75) is 12.8 Å². The summed E-state index contributed by atoms with van der Waals surface area (Å²) in [5.74, 6) is -1.34. The molecule has 0 radical (unpaired) electrons. The molecule has 0 spiro atoms. The van der Waals surface area contributed by atoms with Gasteiger partial charge in [0.15, 0.2) is 23.1 Å². The lowest BCUT2D eigenvalue weighted by molar-refractivity contribution is -0.133. The predicted molar refractivity (Wildman–Crippen MR) is 140 cm³/mol. The lowest BCUT2D eigenvalue weighted by atomic mass is 10.0. The van der Waals surface area contributed by atoms with E-state index in [-0.39, 0.29) is 35.7 Å². The number of fused-ring (bicyclic) bond motifs is 3. The number of pyridine rings is 1. The van der Waals surface area contributed by atoms with E-state index >= 15 is 4.39 Å². The van der Waals surface area contributed by atoms with Crippen molar-refractivity contribution in [2.24, 2.45) is 11.1 Å². The van der Waals surface area contributed by atoms with Crippen LogP contribution in [0, 0.1) is 17.0 Å². The van der Waals surface area contributed by atoms with Crippen LogP contribution in [0.1, 0.15) is 12.8 Å². The SMILES string of the molecule is COc1cc2nccc(Oc3ccc(N(C(=O)C4(C(N)=O)CC4)c4ccc(F)cc4)cc3F)c2c2c1OCCO2. The lowest BCUT2D eigenvalue weighted by Crippen LogP contribution is -2.41. The summed E-state index contributed by atoms with van der Waals surface area (Å²) in [5, 5.41) is 0.474. The van der Waals surface area contributed by atoms with E-state index in [2.05, 4.69) is 4.98 Å². The number of nitrogens with two attached hydrogens (primary N) is 1. The third kappa shape index (κ3) is 4.19. The van der Waals surface area contributed by atoms with Crippen molar-refractivity contribution < 1.29 is 37.3 Å². The molecule has 3 aromatic carbocycles. The number of halogens is 2. The summed E-state index contributed by atoms with van der Waals surface area (Å²) < 4.78 is 52.2. The molecule has 2 amide bonds. The van der Waals surface area contributed by atoms with Crippen LogP contribution in [-0.4, -0.2) is 37.1 Å². The van der Waals surface area contributed by atoms with Crippen molar-refractivity contribution >= 4 is 34.1 Å². The minimum absolute atomic E-state index is 0.118. The van der Waals surface area contributed by atoms with Crippen molar-refractivity contribution in [2.75, 3.05) is 25.2 Å². The number of primary amides is 1. The Labute approximate surface area is 227 Å². The Morgan fingerprint density at radius 2 is 1.62 bits per heavy atom. The van der Waals surface area contributed by atoms with E-state index in [1.54, 1.807) is 12.1 Å². The predicted octanol–water partition coefficient (Wildman–Crippen LogP) is 5.02. The molecule has 204 valence electrons. The van der Waals surface area contributed by atoms with Gasteiger partial charge in [-0.3, -0.25) is 19.5 Å². The summed E-state index contributed by atoms with van der Waals surface area (Å²) >= 11 is 0. The van der Waals surface area contributed by atoms with Gasteiger partial charge in [0, 0.05) is 24.0 Å². The van der Waals surface area contributed by atoms with Gasteiger partial charge in [0.05, 0.1) is 23.7 Å². The molecule has 6 rings (SSSR count). The first-order chi connectivity index (χ1) is 19.3. The average Bonchev–Trinajstić information content (AvgIpc) is 3.78. The average molecular weight is 548 g/mol. The Kier molecular flexibility index (Phi) is 6.13. The van der Waals surface area contributed by atoms with E-state index in [1.165, 1.54) is 54.6 Å². The number of anilines is 2. The number of hydrogen-bond acceptors (Lipinski definition) is 7. The number of methoxy groups -OCH3 is 1. The number of ether oxygens (including phenoxy) is 4. The third-order valence-electron chi connectivity index (χ3n) is 6.98. The monoisotopic (exact) mass is 547 g/mol. The molecule has 2 aliphatic rings. The van der Waals surface area contributed by atoms with Crippen LogP contribution in [0.2, 0.25) is 0 Å². The third-order valence-corrected chi connectivity index (χ3v) is 6.98. The molecule has 1 fully saturated rings. The molecule has 0 bridgehead atoms. The minimum Gasteiger partial charge on any atom is -0.493 e. The Hall–Kier alpha value is -4.93. The van der Waals surface area contributed by atoms with Gasteiger partial charge in [0.1, 0.15) is 30.2 Å². The van der Waals surface area contributed by atoms with Crippen molar-refractivity contribution in [3.63, 3.8) is 0 Å². The quantitative estimate of drug-likeness (QED) is 0.324. The highest BCUT2D eigenvalue weighted by Gasteiger charge is 2.57. The number of rotatable bonds is 7. The zero-order valence-electron chi connectivity index (χ0n) is 21.3. The molecule has 1 aromatic heterocycles. The van der Waals surface area contributed by atoms with Crippen LogP contribution in [0.15, 0.2) is 60.8 Å². The number of carbonyl (C=O) groups is 2. The molecular formula is C29H23F2N3O6. The van der Waals surface area contributed by atoms with Gasteiger partial charge >= 0.3 is 0 Å². The van der Waals surface area contributed by atoms with Crippen LogP contribution in [0.4, 0.5) is 20.2 Å². The highest BCUT2D eigenvalue weighted by atomic mass is 19.1. The second-order valence-corrected chi connectivity index (χ2v) is 9.42. The summed E-state index contributed by atoms with van der Waals surface area (Å²) in [4.78, 5) is 31.2. The maximum Gasteiger partial charge on any atom is 0.247 e. The van der Waals surface area contributed by atoms with E-state index in [9.17, 15) is 14.0 Å².